The van der Waals surface area contributed by atoms with E-state index >= 15 is 0 Å². The molecule has 3 unspecified atom stereocenters. The molecule has 3 rings (SSSR count). The molecule has 0 saturated carbocycles. The van der Waals surface area contributed by atoms with E-state index in [1.165, 1.54) is 7.11 Å². The lowest BCUT2D eigenvalue weighted by atomic mass is 9.69. The summed E-state index contributed by atoms with van der Waals surface area (Å²) < 4.78 is 16.4. The number of dihydropyridines is 1. The Morgan fingerprint density at radius 3 is 2.58 bits per heavy atom. The monoisotopic (exact) mass is 455 g/mol. The average Bonchev–Trinajstić information content (AvgIpc) is 2.78. The standard InChI is InChI=1S/C26H33NO6/c1-6-8-13-33-19-12-10-9-11-17(19)22-21(26(30)32-7-2)16(4)27-18-14-15(3)20(25(29)31-5)24(28)23(18)22/h9-12,15,20,22,27H,6-8,13-14H2,1-5H3. The van der Waals surface area contributed by atoms with Crippen LogP contribution >= 0.6 is 0 Å². The van der Waals surface area contributed by atoms with E-state index in [0.717, 1.165) is 18.5 Å². The first-order valence-corrected chi connectivity index (χ1v) is 11.6. The predicted molar refractivity (Wildman–Crippen MR) is 123 cm³/mol. The van der Waals surface area contributed by atoms with Crippen LogP contribution in [0, 0.1) is 11.8 Å². The normalized spacial score (nSPS) is 22.5. The van der Waals surface area contributed by atoms with E-state index in [0.29, 0.717) is 41.2 Å². The van der Waals surface area contributed by atoms with Gasteiger partial charge in [-0.1, -0.05) is 38.5 Å². The zero-order chi connectivity index (χ0) is 24.1. The van der Waals surface area contributed by atoms with Gasteiger partial charge in [0.15, 0.2) is 5.78 Å². The van der Waals surface area contributed by atoms with Crippen LogP contribution in [0.5, 0.6) is 5.75 Å². The van der Waals surface area contributed by atoms with Gasteiger partial charge in [0.2, 0.25) is 0 Å². The number of hydrogen-bond acceptors (Lipinski definition) is 7. The molecule has 0 spiro atoms. The number of nitrogens with one attached hydrogen (secondary N) is 1. The predicted octanol–water partition coefficient (Wildman–Crippen LogP) is 4.04. The second-order valence-corrected chi connectivity index (χ2v) is 8.50. The lowest BCUT2D eigenvalue weighted by Gasteiger charge is -2.38. The van der Waals surface area contributed by atoms with Crippen LogP contribution in [-0.4, -0.2) is 38.0 Å². The zero-order valence-corrected chi connectivity index (χ0v) is 20.0. The van der Waals surface area contributed by atoms with Crippen molar-refractivity contribution in [1.29, 1.82) is 0 Å². The molecule has 33 heavy (non-hydrogen) atoms. The summed E-state index contributed by atoms with van der Waals surface area (Å²) in [7, 11) is 1.29. The van der Waals surface area contributed by atoms with E-state index in [9.17, 15) is 14.4 Å². The van der Waals surface area contributed by atoms with Crippen LogP contribution in [0.25, 0.3) is 0 Å². The van der Waals surface area contributed by atoms with Crippen molar-refractivity contribution in [1.82, 2.24) is 5.32 Å². The molecule has 0 aromatic heterocycles. The number of carbonyl (C=O) groups excluding carboxylic acids is 3. The first kappa shape index (κ1) is 24.6. The summed E-state index contributed by atoms with van der Waals surface area (Å²) >= 11 is 0. The number of benzene rings is 1. The van der Waals surface area contributed by atoms with Gasteiger partial charge in [0, 0.05) is 22.5 Å². The van der Waals surface area contributed by atoms with Crippen molar-refractivity contribution < 1.29 is 28.6 Å². The van der Waals surface area contributed by atoms with E-state index in [2.05, 4.69) is 12.2 Å². The fourth-order valence-electron chi connectivity index (χ4n) is 4.65. The molecule has 1 aliphatic heterocycles. The summed E-state index contributed by atoms with van der Waals surface area (Å²) in [6.07, 6.45) is 2.35. The number of hydrogen-bond donors (Lipinski definition) is 1. The SMILES string of the molecule is CCCCOc1ccccc1C1C(C(=O)OCC)=C(C)NC2=C1C(=O)C(C(=O)OC)C(C)C2. The van der Waals surface area contributed by atoms with Crippen molar-refractivity contribution in [3.8, 4) is 5.75 Å². The smallest absolute Gasteiger partial charge is 0.336 e. The summed E-state index contributed by atoms with van der Waals surface area (Å²) in [4.78, 5) is 39.4. The summed E-state index contributed by atoms with van der Waals surface area (Å²) in [5, 5.41) is 3.26. The molecule has 1 N–H and O–H groups in total. The van der Waals surface area contributed by atoms with E-state index in [-0.39, 0.29) is 18.3 Å². The first-order chi connectivity index (χ1) is 15.8. The second kappa shape index (κ2) is 10.7. The fourth-order valence-corrected chi connectivity index (χ4v) is 4.65. The second-order valence-electron chi connectivity index (χ2n) is 8.50. The molecule has 3 atom stereocenters. The third kappa shape index (κ3) is 4.82. The first-order valence-electron chi connectivity index (χ1n) is 11.6. The Hall–Kier alpha value is -3.09. The maximum Gasteiger partial charge on any atom is 0.336 e. The molecule has 0 radical (unpaired) electrons. The van der Waals surface area contributed by atoms with Gasteiger partial charge < -0.3 is 19.5 Å². The van der Waals surface area contributed by atoms with Gasteiger partial charge in [0.25, 0.3) is 0 Å². The number of allylic oxidation sites excluding steroid dienone is 3. The third-order valence-electron chi connectivity index (χ3n) is 6.22. The molecular weight excluding hydrogens is 422 g/mol. The molecule has 1 aromatic carbocycles. The van der Waals surface area contributed by atoms with Crippen molar-refractivity contribution in [2.45, 2.75) is 52.9 Å². The lowest BCUT2D eigenvalue weighted by molar-refractivity contribution is -0.151. The Kier molecular flexibility index (Phi) is 7.95. The molecule has 2 aliphatic rings. The van der Waals surface area contributed by atoms with Crippen molar-refractivity contribution in [2.24, 2.45) is 11.8 Å². The van der Waals surface area contributed by atoms with Crippen LogP contribution in [0.1, 0.15) is 58.4 Å². The molecule has 1 heterocycles. The summed E-state index contributed by atoms with van der Waals surface area (Å²) in [5.41, 5.74) is 2.83. The van der Waals surface area contributed by atoms with Gasteiger partial charge in [-0.15, -0.1) is 0 Å². The highest BCUT2D eigenvalue weighted by molar-refractivity contribution is 6.12. The number of para-hydroxylation sites is 1. The highest BCUT2D eigenvalue weighted by atomic mass is 16.5. The molecule has 0 amide bonds. The van der Waals surface area contributed by atoms with E-state index in [1.807, 2.05) is 38.1 Å². The highest BCUT2D eigenvalue weighted by Crippen LogP contribution is 2.47. The van der Waals surface area contributed by atoms with E-state index in [1.54, 1.807) is 6.92 Å². The molecule has 0 fully saturated rings. The van der Waals surface area contributed by atoms with Gasteiger partial charge in [-0.05, 0) is 38.7 Å². The van der Waals surface area contributed by atoms with Crippen LogP contribution in [-0.2, 0) is 23.9 Å². The largest absolute Gasteiger partial charge is 0.493 e. The van der Waals surface area contributed by atoms with Crippen molar-refractivity contribution in [3.05, 3.63) is 52.4 Å². The lowest BCUT2D eigenvalue weighted by Crippen LogP contribution is -2.43. The maximum absolute atomic E-state index is 13.7. The van der Waals surface area contributed by atoms with Gasteiger partial charge in [-0.3, -0.25) is 9.59 Å². The molecule has 0 saturated heterocycles. The summed E-state index contributed by atoms with van der Waals surface area (Å²) in [6.45, 7) is 8.23. The van der Waals surface area contributed by atoms with Gasteiger partial charge in [-0.25, -0.2) is 4.79 Å². The van der Waals surface area contributed by atoms with Crippen molar-refractivity contribution in [3.63, 3.8) is 0 Å². The van der Waals surface area contributed by atoms with Crippen LogP contribution in [0.2, 0.25) is 0 Å². The molecule has 1 aromatic rings. The molecule has 178 valence electrons. The fraction of sp³-hybridized carbons (Fsp3) is 0.500. The number of esters is 2. The zero-order valence-electron chi connectivity index (χ0n) is 20.0. The number of unbranched alkanes of at least 4 members (excludes halogenated alkanes) is 1. The van der Waals surface area contributed by atoms with Gasteiger partial charge >= 0.3 is 11.9 Å². The topological polar surface area (TPSA) is 90.9 Å². The quantitative estimate of drug-likeness (QED) is 0.359. The summed E-state index contributed by atoms with van der Waals surface area (Å²) in [6, 6.07) is 7.44. The number of Topliss-reactive ketones (excluding diaryl/α,β-unsaturated/α-hetero) is 1. The van der Waals surface area contributed by atoms with Crippen LogP contribution in [0.15, 0.2) is 46.8 Å². The highest BCUT2D eigenvalue weighted by Gasteiger charge is 2.47. The minimum absolute atomic E-state index is 0.207. The number of ether oxygens (including phenoxy) is 3. The van der Waals surface area contributed by atoms with Crippen LogP contribution < -0.4 is 10.1 Å². The number of carbonyl (C=O) groups is 3. The van der Waals surface area contributed by atoms with Gasteiger partial charge in [0.1, 0.15) is 11.7 Å². The van der Waals surface area contributed by atoms with Crippen LogP contribution in [0.4, 0.5) is 0 Å². The van der Waals surface area contributed by atoms with Crippen molar-refractivity contribution in [2.75, 3.05) is 20.3 Å². The van der Waals surface area contributed by atoms with Crippen LogP contribution in [0.3, 0.4) is 0 Å². The Bertz CT molecular complexity index is 992. The van der Waals surface area contributed by atoms with E-state index in [4.69, 9.17) is 14.2 Å². The Morgan fingerprint density at radius 2 is 1.91 bits per heavy atom. The Morgan fingerprint density at radius 1 is 1.18 bits per heavy atom. The number of ketones is 1. The van der Waals surface area contributed by atoms with E-state index < -0.39 is 23.8 Å². The number of methoxy groups -OCH3 is 1. The average molecular weight is 456 g/mol. The number of rotatable bonds is 8. The molecule has 1 aliphatic carbocycles. The molecular formula is C26H33NO6. The van der Waals surface area contributed by atoms with Gasteiger partial charge in [-0.2, -0.15) is 0 Å². The third-order valence-corrected chi connectivity index (χ3v) is 6.22. The Balaban J connectivity index is 2.18. The molecule has 7 nitrogen and oxygen atoms in total. The van der Waals surface area contributed by atoms with Crippen molar-refractivity contribution >= 4 is 17.7 Å². The molecule has 7 heteroatoms. The Labute approximate surface area is 195 Å². The molecule has 0 bridgehead atoms. The minimum atomic E-state index is -0.923. The van der Waals surface area contributed by atoms with Gasteiger partial charge in [0.05, 0.1) is 31.8 Å². The summed E-state index contributed by atoms with van der Waals surface area (Å²) in [5.74, 6) is -2.63. The maximum atomic E-state index is 13.7. The minimum Gasteiger partial charge on any atom is -0.493 e.